The van der Waals surface area contributed by atoms with Gasteiger partial charge in [-0.2, -0.15) is 5.10 Å². The number of carbonyl (C=O) groups is 2. The van der Waals surface area contributed by atoms with Crippen LogP contribution in [-0.2, 0) is 11.3 Å². The fourth-order valence-electron chi connectivity index (χ4n) is 2.88. The summed E-state index contributed by atoms with van der Waals surface area (Å²) in [6.07, 6.45) is 0. The predicted molar refractivity (Wildman–Crippen MR) is 103 cm³/mol. The molecule has 0 aliphatic carbocycles. The molecular weight excluding hydrogens is 342 g/mol. The van der Waals surface area contributed by atoms with Gasteiger partial charge in [0.15, 0.2) is 0 Å². The number of hydrogen-bond donors (Lipinski definition) is 2. The highest BCUT2D eigenvalue weighted by Crippen LogP contribution is 2.22. The van der Waals surface area contributed by atoms with Gasteiger partial charge in [-0.3, -0.25) is 30.1 Å². The van der Waals surface area contributed by atoms with Crippen molar-refractivity contribution in [2.75, 3.05) is 0 Å². The number of para-hydroxylation sites is 1. The fraction of sp³-hybridized carbons (Fsp3) is 0.300. The Morgan fingerprint density at radius 2 is 1.85 bits per heavy atom. The molecule has 0 saturated heterocycles. The van der Waals surface area contributed by atoms with E-state index in [1.54, 1.807) is 10.7 Å². The van der Waals surface area contributed by atoms with E-state index in [1.165, 1.54) is 0 Å². The summed E-state index contributed by atoms with van der Waals surface area (Å²) in [7, 11) is 0. The van der Waals surface area contributed by atoms with Gasteiger partial charge in [0.1, 0.15) is 6.54 Å². The topological polar surface area (TPSA) is 88.9 Å². The van der Waals surface area contributed by atoms with E-state index in [0.717, 1.165) is 28.0 Å². The molecule has 27 heavy (non-hydrogen) atoms. The van der Waals surface area contributed by atoms with E-state index in [9.17, 15) is 9.59 Å². The van der Waals surface area contributed by atoms with Crippen LogP contribution in [0.3, 0.4) is 0 Å². The van der Waals surface area contributed by atoms with Crippen LogP contribution >= 0.6 is 0 Å². The van der Waals surface area contributed by atoms with Crippen LogP contribution in [-0.4, -0.2) is 26.6 Å². The lowest BCUT2D eigenvalue weighted by molar-refractivity contribution is -0.122. The zero-order chi connectivity index (χ0) is 19.6. The molecule has 1 aromatic carbocycles. The second-order valence-electron chi connectivity index (χ2n) is 6.85. The molecule has 7 heteroatoms. The molecule has 2 amide bonds. The number of benzene rings is 1. The van der Waals surface area contributed by atoms with E-state index in [1.807, 2.05) is 58.0 Å². The minimum atomic E-state index is -0.378. The normalized spacial score (nSPS) is 11.0. The summed E-state index contributed by atoms with van der Waals surface area (Å²) in [5.41, 5.74) is 8.74. The summed E-state index contributed by atoms with van der Waals surface area (Å²) < 4.78 is 1.59. The molecule has 3 rings (SSSR count). The number of pyridine rings is 1. The monoisotopic (exact) mass is 365 g/mol. The number of nitrogens with zero attached hydrogens (tertiary/aromatic N) is 3. The third-order valence-corrected chi connectivity index (χ3v) is 4.28. The fourth-order valence-corrected chi connectivity index (χ4v) is 2.88. The van der Waals surface area contributed by atoms with Crippen LogP contribution in [0.1, 0.15) is 47.2 Å². The Bertz CT molecular complexity index is 1010. The van der Waals surface area contributed by atoms with Gasteiger partial charge in [0.2, 0.25) is 0 Å². The minimum Gasteiger partial charge on any atom is -0.271 e. The Morgan fingerprint density at radius 1 is 1.11 bits per heavy atom. The number of nitrogens with one attached hydrogen (secondary N) is 2. The van der Waals surface area contributed by atoms with Crippen LogP contribution in [0.15, 0.2) is 36.4 Å². The molecule has 0 aliphatic rings. The summed E-state index contributed by atoms with van der Waals surface area (Å²) in [6.45, 7) is 7.82. The molecule has 2 aromatic heterocycles. The van der Waals surface area contributed by atoms with Gasteiger partial charge in [-0.15, -0.1) is 0 Å². The smallest absolute Gasteiger partial charge is 0.270 e. The van der Waals surface area contributed by atoms with Crippen molar-refractivity contribution >= 4 is 22.7 Å². The first-order chi connectivity index (χ1) is 12.8. The van der Waals surface area contributed by atoms with Crippen LogP contribution in [0.2, 0.25) is 0 Å². The quantitative estimate of drug-likeness (QED) is 0.696. The van der Waals surface area contributed by atoms with Crippen molar-refractivity contribution in [3.8, 4) is 0 Å². The van der Waals surface area contributed by atoms with Gasteiger partial charge in [0.05, 0.1) is 16.8 Å². The van der Waals surface area contributed by atoms with E-state index in [2.05, 4.69) is 20.9 Å². The number of aromatic nitrogens is 3. The zero-order valence-electron chi connectivity index (χ0n) is 15.9. The van der Waals surface area contributed by atoms with Gasteiger partial charge < -0.3 is 0 Å². The zero-order valence-corrected chi connectivity index (χ0v) is 15.9. The van der Waals surface area contributed by atoms with Gasteiger partial charge in [-0.1, -0.05) is 32.0 Å². The van der Waals surface area contributed by atoms with Crippen LogP contribution in [0.4, 0.5) is 0 Å². The van der Waals surface area contributed by atoms with Crippen LogP contribution in [0.5, 0.6) is 0 Å². The maximum atomic E-state index is 12.7. The Balaban J connectivity index is 1.76. The van der Waals surface area contributed by atoms with E-state index >= 15 is 0 Å². The van der Waals surface area contributed by atoms with Crippen molar-refractivity contribution in [1.82, 2.24) is 25.6 Å². The largest absolute Gasteiger partial charge is 0.271 e. The molecule has 0 saturated carbocycles. The summed E-state index contributed by atoms with van der Waals surface area (Å²) in [6, 6.07) is 11.1. The van der Waals surface area contributed by atoms with Gasteiger partial charge in [0.25, 0.3) is 11.8 Å². The average molecular weight is 365 g/mol. The van der Waals surface area contributed by atoms with Gasteiger partial charge in [-0.25, -0.2) is 0 Å². The molecule has 7 nitrogen and oxygen atoms in total. The van der Waals surface area contributed by atoms with E-state index < -0.39 is 0 Å². The third kappa shape index (κ3) is 4.13. The second kappa shape index (κ2) is 7.57. The molecular formula is C20H23N5O2. The van der Waals surface area contributed by atoms with Gasteiger partial charge in [0, 0.05) is 16.8 Å². The number of fused-ring (bicyclic) bond motifs is 1. The standard InChI is InChI=1S/C20H23N5O2/c1-12(2)18-10-16(15-7-5-6-8-17(15)21-18)20(27)23-22-19(26)11-25-14(4)9-13(3)24-25/h5-10,12H,11H2,1-4H3,(H,22,26)(H,23,27). The first-order valence-corrected chi connectivity index (χ1v) is 8.85. The minimum absolute atomic E-state index is 0.0360. The number of aryl methyl sites for hydroxylation is 2. The number of hydrogen-bond acceptors (Lipinski definition) is 4. The number of carbonyl (C=O) groups excluding carboxylic acids is 2. The Kier molecular flexibility index (Phi) is 5.21. The number of hydrazine groups is 1. The molecule has 3 aromatic rings. The molecule has 0 radical (unpaired) electrons. The van der Waals surface area contributed by atoms with Crippen molar-refractivity contribution in [1.29, 1.82) is 0 Å². The second-order valence-corrected chi connectivity index (χ2v) is 6.85. The molecule has 2 heterocycles. The Hall–Kier alpha value is -3.22. The molecule has 0 bridgehead atoms. The SMILES string of the molecule is Cc1cc(C)n(CC(=O)NNC(=O)c2cc(C(C)C)nc3ccccc23)n1. The molecule has 0 atom stereocenters. The Labute approximate surface area is 157 Å². The van der Waals surface area contributed by atoms with Gasteiger partial charge >= 0.3 is 0 Å². The maximum Gasteiger partial charge on any atom is 0.270 e. The van der Waals surface area contributed by atoms with Crippen LogP contribution < -0.4 is 10.9 Å². The summed E-state index contributed by atoms with van der Waals surface area (Å²) in [5, 5.41) is 4.99. The van der Waals surface area contributed by atoms with Crippen LogP contribution in [0.25, 0.3) is 10.9 Å². The van der Waals surface area contributed by atoms with Crippen molar-refractivity contribution in [3.63, 3.8) is 0 Å². The average Bonchev–Trinajstić information content (AvgIpc) is 2.95. The predicted octanol–water partition coefficient (Wildman–Crippen LogP) is 2.63. The van der Waals surface area contributed by atoms with E-state index in [-0.39, 0.29) is 24.3 Å². The highest BCUT2D eigenvalue weighted by molar-refractivity contribution is 6.06. The number of amides is 2. The molecule has 0 spiro atoms. The molecule has 140 valence electrons. The van der Waals surface area contributed by atoms with Crippen molar-refractivity contribution in [2.45, 2.75) is 40.2 Å². The summed E-state index contributed by atoms with van der Waals surface area (Å²) >= 11 is 0. The van der Waals surface area contributed by atoms with Crippen LogP contribution in [0, 0.1) is 13.8 Å². The van der Waals surface area contributed by atoms with E-state index in [4.69, 9.17) is 0 Å². The number of rotatable bonds is 4. The lowest BCUT2D eigenvalue weighted by atomic mass is 10.0. The first kappa shape index (κ1) is 18.6. The van der Waals surface area contributed by atoms with Crippen molar-refractivity contribution < 1.29 is 9.59 Å². The molecule has 0 aliphatic heterocycles. The highest BCUT2D eigenvalue weighted by Gasteiger charge is 2.15. The van der Waals surface area contributed by atoms with E-state index in [0.29, 0.717) is 5.56 Å². The lowest BCUT2D eigenvalue weighted by Crippen LogP contribution is -2.43. The molecule has 0 unspecified atom stereocenters. The summed E-state index contributed by atoms with van der Waals surface area (Å²) in [4.78, 5) is 29.4. The van der Waals surface area contributed by atoms with Crippen molar-refractivity contribution in [2.24, 2.45) is 0 Å². The molecule has 2 N–H and O–H groups in total. The summed E-state index contributed by atoms with van der Waals surface area (Å²) in [5.74, 6) is -0.545. The van der Waals surface area contributed by atoms with Gasteiger partial charge in [-0.05, 0) is 38.0 Å². The third-order valence-electron chi connectivity index (χ3n) is 4.28. The molecule has 0 fully saturated rings. The Morgan fingerprint density at radius 3 is 2.52 bits per heavy atom. The maximum absolute atomic E-state index is 12.7. The first-order valence-electron chi connectivity index (χ1n) is 8.85. The lowest BCUT2D eigenvalue weighted by Gasteiger charge is -2.13. The highest BCUT2D eigenvalue weighted by atomic mass is 16.2. The van der Waals surface area contributed by atoms with Crippen molar-refractivity contribution in [3.05, 3.63) is 59.0 Å².